The lowest BCUT2D eigenvalue weighted by Gasteiger charge is -2.18. The molecule has 6 heteroatoms. The number of ether oxygens (including phenoxy) is 1. The molecule has 1 fully saturated rings. The van der Waals surface area contributed by atoms with E-state index in [4.69, 9.17) is 4.74 Å². The van der Waals surface area contributed by atoms with Crippen LogP contribution >= 0.6 is 0 Å². The Bertz CT molecular complexity index is 864. The molecule has 1 N–H and O–H groups in total. The van der Waals surface area contributed by atoms with Gasteiger partial charge in [0.1, 0.15) is 0 Å². The standard InChI is InChI=1S/C20H19FN2O3/c21-16-3-1-2-4-18(16)26-12-19(24)22-15-8-7-13-9-10-23(17(13)11-15)20(25)14-5-6-14/h1-4,7-8,11,14H,5-6,9-10,12H2,(H,22,24). The van der Waals surface area contributed by atoms with Gasteiger partial charge in [0, 0.05) is 23.8 Å². The number of carbonyl (C=O) groups excluding carboxylic acids is 2. The number of rotatable bonds is 5. The number of para-hydroxylation sites is 1. The molecule has 2 amide bonds. The Kier molecular flexibility index (Phi) is 4.32. The zero-order valence-electron chi connectivity index (χ0n) is 14.2. The van der Waals surface area contributed by atoms with Gasteiger partial charge in [-0.05, 0) is 49.1 Å². The minimum absolute atomic E-state index is 0.0396. The molecule has 1 aliphatic carbocycles. The summed E-state index contributed by atoms with van der Waals surface area (Å²) in [5.74, 6) is -0.514. The minimum Gasteiger partial charge on any atom is -0.481 e. The van der Waals surface area contributed by atoms with E-state index in [1.165, 1.54) is 12.1 Å². The number of amides is 2. The van der Waals surface area contributed by atoms with Crippen LogP contribution in [0.25, 0.3) is 0 Å². The summed E-state index contributed by atoms with van der Waals surface area (Å²) in [7, 11) is 0. The number of halogens is 1. The van der Waals surface area contributed by atoms with E-state index in [0.29, 0.717) is 12.2 Å². The largest absolute Gasteiger partial charge is 0.481 e. The van der Waals surface area contributed by atoms with Crippen LogP contribution < -0.4 is 15.0 Å². The molecule has 0 spiro atoms. The summed E-state index contributed by atoms with van der Waals surface area (Å²) in [5, 5.41) is 2.74. The van der Waals surface area contributed by atoms with Gasteiger partial charge in [-0.15, -0.1) is 0 Å². The highest BCUT2D eigenvalue weighted by molar-refractivity contribution is 5.99. The fraction of sp³-hybridized carbons (Fsp3) is 0.300. The molecule has 1 aliphatic heterocycles. The Morgan fingerprint density at radius 1 is 1.19 bits per heavy atom. The summed E-state index contributed by atoms with van der Waals surface area (Å²) in [5.41, 5.74) is 2.58. The molecular weight excluding hydrogens is 335 g/mol. The van der Waals surface area contributed by atoms with Crippen molar-refractivity contribution in [1.82, 2.24) is 0 Å². The third-order valence-corrected chi connectivity index (χ3v) is 4.65. The van der Waals surface area contributed by atoms with Gasteiger partial charge in [-0.2, -0.15) is 0 Å². The maximum absolute atomic E-state index is 13.5. The molecule has 1 heterocycles. The quantitative estimate of drug-likeness (QED) is 0.897. The van der Waals surface area contributed by atoms with Crippen LogP contribution in [0, 0.1) is 11.7 Å². The van der Waals surface area contributed by atoms with Gasteiger partial charge in [0.25, 0.3) is 5.91 Å². The minimum atomic E-state index is -0.507. The predicted octanol–water partition coefficient (Wildman–Crippen LogP) is 3.14. The summed E-state index contributed by atoms with van der Waals surface area (Å²) in [6, 6.07) is 11.5. The van der Waals surface area contributed by atoms with E-state index in [2.05, 4.69) is 5.32 Å². The Hall–Kier alpha value is -2.89. The number of anilines is 2. The Morgan fingerprint density at radius 3 is 2.77 bits per heavy atom. The van der Waals surface area contributed by atoms with Crippen LogP contribution in [0.5, 0.6) is 5.75 Å². The second-order valence-corrected chi connectivity index (χ2v) is 6.62. The average Bonchev–Trinajstić information content (AvgIpc) is 3.40. The van der Waals surface area contributed by atoms with Gasteiger partial charge in [-0.25, -0.2) is 4.39 Å². The van der Waals surface area contributed by atoms with Crippen molar-refractivity contribution in [3.63, 3.8) is 0 Å². The monoisotopic (exact) mass is 354 g/mol. The maximum Gasteiger partial charge on any atom is 0.262 e. The van der Waals surface area contributed by atoms with Crippen molar-refractivity contribution in [2.24, 2.45) is 5.92 Å². The van der Waals surface area contributed by atoms with Crippen LogP contribution in [0.15, 0.2) is 42.5 Å². The van der Waals surface area contributed by atoms with Crippen LogP contribution in [-0.4, -0.2) is 25.0 Å². The highest BCUT2D eigenvalue weighted by Gasteiger charge is 2.36. The maximum atomic E-state index is 13.5. The lowest BCUT2D eigenvalue weighted by Crippen LogP contribution is -2.30. The van der Waals surface area contributed by atoms with Gasteiger partial charge in [0.05, 0.1) is 0 Å². The Morgan fingerprint density at radius 2 is 2.00 bits per heavy atom. The predicted molar refractivity (Wildman–Crippen MR) is 95.7 cm³/mol. The van der Waals surface area contributed by atoms with Gasteiger partial charge in [0.2, 0.25) is 5.91 Å². The second-order valence-electron chi connectivity index (χ2n) is 6.62. The first kappa shape index (κ1) is 16.6. The van der Waals surface area contributed by atoms with Gasteiger partial charge in [-0.3, -0.25) is 9.59 Å². The lowest BCUT2D eigenvalue weighted by molar-refractivity contribution is -0.119. The molecule has 2 aliphatic rings. The van der Waals surface area contributed by atoms with Gasteiger partial charge in [0.15, 0.2) is 18.2 Å². The molecule has 0 aromatic heterocycles. The average molecular weight is 354 g/mol. The first-order chi connectivity index (χ1) is 12.6. The molecule has 1 saturated carbocycles. The smallest absolute Gasteiger partial charge is 0.262 e. The number of hydrogen-bond donors (Lipinski definition) is 1. The van der Waals surface area contributed by atoms with Crippen molar-refractivity contribution < 1.29 is 18.7 Å². The van der Waals surface area contributed by atoms with Crippen molar-refractivity contribution in [2.75, 3.05) is 23.4 Å². The van der Waals surface area contributed by atoms with Crippen molar-refractivity contribution in [1.29, 1.82) is 0 Å². The van der Waals surface area contributed by atoms with Crippen LogP contribution in [0.2, 0.25) is 0 Å². The molecule has 2 aromatic carbocycles. The van der Waals surface area contributed by atoms with E-state index >= 15 is 0 Å². The van der Waals surface area contributed by atoms with E-state index < -0.39 is 5.82 Å². The number of fused-ring (bicyclic) bond motifs is 1. The Labute approximate surface area is 150 Å². The third-order valence-electron chi connectivity index (χ3n) is 4.65. The summed E-state index contributed by atoms with van der Waals surface area (Å²) >= 11 is 0. The molecule has 0 radical (unpaired) electrons. The number of hydrogen-bond acceptors (Lipinski definition) is 3. The van der Waals surface area contributed by atoms with Crippen LogP contribution in [0.4, 0.5) is 15.8 Å². The SMILES string of the molecule is O=C(COc1ccccc1F)Nc1ccc2c(c1)N(C(=O)C1CC1)CC2. The normalized spacial score (nSPS) is 15.5. The first-order valence-corrected chi connectivity index (χ1v) is 8.73. The van der Waals surface area contributed by atoms with Gasteiger partial charge < -0.3 is 15.0 Å². The molecule has 0 atom stereocenters. The topological polar surface area (TPSA) is 58.6 Å². The highest BCUT2D eigenvalue weighted by Crippen LogP contribution is 2.37. The van der Waals surface area contributed by atoms with E-state index in [9.17, 15) is 14.0 Å². The third kappa shape index (κ3) is 3.40. The molecule has 5 nitrogen and oxygen atoms in total. The highest BCUT2D eigenvalue weighted by atomic mass is 19.1. The number of nitrogens with one attached hydrogen (secondary N) is 1. The van der Waals surface area contributed by atoms with E-state index in [1.54, 1.807) is 12.1 Å². The van der Waals surface area contributed by atoms with Crippen molar-refractivity contribution in [2.45, 2.75) is 19.3 Å². The van der Waals surface area contributed by atoms with Crippen LogP contribution in [0.1, 0.15) is 18.4 Å². The van der Waals surface area contributed by atoms with Crippen LogP contribution in [0.3, 0.4) is 0 Å². The van der Waals surface area contributed by atoms with E-state index in [0.717, 1.165) is 30.5 Å². The zero-order valence-corrected chi connectivity index (χ0v) is 14.2. The summed E-state index contributed by atoms with van der Waals surface area (Å²) in [4.78, 5) is 26.3. The molecule has 4 rings (SSSR count). The molecule has 2 aromatic rings. The zero-order chi connectivity index (χ0) is 18.1. The number of benzene rings is 2. The summed E-state index contributed by atoms with van der Waals surface area (Å²) in [6.07, 6.45) is 2.77. The van der Waals surface area contributed by atoms with Gasteiger partial charge >= 0.3 is 0 Å². The number of nitrogens with zero attached hydrogens (tertiary/aromatic N) is 1. The summed E-state index contributed by atoms with van der Waals surface area (Å²) < 4.78 is 18.7. The Balaban J connectivity index is 1.41. The number of carbonyl (C=O) groups is 2. The van der Waals surface area contributed by atoms with E-state index in [-0.39, 0.29) is 30.1 Å². The van der Waals surface area contributed by atoms with Crippen molar-refractivity contribution in [3.8, 4) is 5.75 Å². The van der Waals surface area contributed by atoms with Crippen LogP contribution in [-0.2, 0) is 16.0 Å². The second kappa shape index (κ2) is 6.78. The molecule has 0 saturated heterocycles. The van der Waals surface area contributed by atoms with Gasteiger partial charge in [-0.1, -0.05) is 18.2 Å². The molecule has 134 valence electrons. The molecule has 26 heavy (non-hydrogen) atoms. The molecule has 0 unspecified atom stereocenters. The first-order valence-electron chi connectivity index (χ1n) is 8.73. The van der Waals surface area contributed by atoms with Crippen molar-refractivity contribution in [3.05, 3.63) is 53.8 Å². The van der Waals surface area contributed by atoms with Crippen molar-refractivity contribution >= 4 is 23.2 Å². The fourth-order valence-electron chi connectivity index (χ4n) is 3.14. The lowest BCUT2D eigenvalue weighted by atomic mass is 10.1. The molecule has 0 bridgehead atoms. The van der Waals surface area contributed by atoms with E-state index in [1.807, 2.05) is 23.1 Å². The molecular formula is C20H19FN2O3. The summed E-state index contributed by atoms with van der Waals surface area (Å²) in [6.45, 7) is 0.404. The fourth-order valence-corrected chi connectivity index (χ4v) is 3.14.